The number of aromatic nitrogens is 2. The standard InChI is InChI=1S/C19H25N3O2S/c1-2-22-16-8-7-13(9-15(16)18(21-22)19(23)24)20-10-12-11-25-17-6-4-3-5-14(12)17/h11,13,20H,2-10H2,1H3,(H,23,24)/t13-/m1/s1. The lowest BCUT2D eigenvalue weighted by molar-refractivity contribution is 0.0688. The van der Waals surface area contributed by atoms with Crippen LogP contribution in [0.1, 0.15) is 63.9 Å². The Morgan fingerprint density at radius 1 is 1.36 bits per heavy atom. The highest BCUT2D eigenvalue weighted by atomic mass is 32.1. The zero-order chi connectivity index (χ0) is 17.4. The molecule has 0 saturated heterocycles. The fourth-order valence-electron chi connectivity index (χ4n) is 4.26. The van der Waals surface area contributed by atoms with Crippen molar-refractivity contribution in [3.05, 3.63) is 38.3 Å². The van der Waals surface area contributed by atoms with Gasteiger partial charge < -0.3 is 10.4 Å². The number of nitrogens with one attached hydrogen (secondary N) is 1. The molecule has 0 saturated carbocycles. The average Bonchev–Trinajstić information content (AvgIpc) is 3.21. The van der Waals surface area contributed by atoms with Gasteiger partial charge in [-0.15, -0.1) is 11.3 Å². The molecule has 2 aromatic heterocycles. The molecule has 134 valence electrons. The van der Waals surface area contributed by atoms with Crippen molar-refractivity contribution in [2.24, 2.45) is 0 Å². The summed E-state index contributed by atoms with van der Waals surface area (Å²) in [5, 5.41) is 19.8. The predicted octanol–water partition coefficient (Wildman–Crippen LogP) is 3.19. The molecule has 4 rings (SSSR count). The van der Waals surface area contributed by atoms with Crippen molar-refractivity contribution in [3.8, 4) is 0 Å². The van der Waals surface area contributed by atoms with Crippen molar-refractivity contribution < 1.29 is 9.90 Å². The van der Waals surface area contributed by atoms with E-state index in [4.69, 9.17) is 0 Å². The summed E-state index contributed by atoms with van der Waals surface area (Å²) in [4.78, 5) is 13.1. The average molecular weight is 359 g/mol. The second-order valence-corrected chi connectivity index (χ2v) is 8.05. The van der Waals surface area contributed by atoms with Crippen LogP contribution in [0.15, 0.2) is 5.38 Å². The number of carbonyl (C=O) groups is 1. The maximum Gasteiger partial charge on any atom is 0.356 e. The van der Waals surface area contributed by atoms with Gasteiger partial charge in [-0.05, 0) is 68.4 Å². The van der Waals surface area contributed by atoms with Gasteiger partial charge in [0.05, 0.1) is 0 Å². The summed E-state index contributed by atoms with van der Waals surface area (Å²) < 4.78 is 1.87. The predicted molar refractivity (Wildman–Crippen MR) is 98.5 cm³/mol. The third-order valence-electron chi connectivity index (χ3n) is 5.58. The van der Waals surface area contributed by atoms with Crippen LogP contribution in [0.5, 0.6) is 0 Å². The molecular weight excluding hydrogens is 334 g/mol. The maximum atomic E-state index is 11.5. The summed E-state index contributed by atoms with van der Waals surface area (Å²) in [6.45, 7) is 3.65. The second kappa shape index (κ2) is 6.92. The fourth-order valence-corrected chi connectivity index (χ4v) is 5.41. The summed E-state index contributed by atoms with van der Waals surface area (Å²) >= 11 is 1.91. The Bertz CT molecular complexity index is 793. The first-order valence-electron chi connectivity index (χ1n) is 9.30. The third kappa shape index (κ3) is 3.13. The van der Waals surface area contributed by atoms with Crippen molar-refractivity contribution in [2.45, 2.75) is 71.0 Å². The zero-order valence-electron chi connectivity index (χ0n) is 14.7. The molecule has 0 spiro atoms. The molecule has 6 heteroatoms. The Morgan fingerprint density at radius 3 is 3.00 bits per heavy atom. The highest BCUT2D eigenvalue weighted by Crippen LogP contribution is 2.31. The monoisotopic (exact) mass is 359 g/mol. The van der Waals surface area contributed by atoms with Gasteiger partial charge in [-0.3, -0.25) is 4.68 Å². The Kier molecular flexibility index (Phi) is 4.65. The number of thiophene rings is 1. The topological polar surface area (TPSA) is 67.2 Å². The number of aromatic carboxylic acids is 1. The van der Waals surface area contributed by atoms with Crippen LogP contribution in [0.4, 0.5) is 0 Å². The van der Waals surface area contributed by atoms with E-state index in [9.17, 15) is 9.90 Å². The lowest BCUT2D eigenvalue weighted by atomic mass is 9.90. The summed E-state index contributed by atoms with van der Waals surface area (Å²) in [5.74, 6) is -0.906. The zero-order valence-corrected chi connectivity index (χ0v) is 15.5. The van der Waals surface area contributed by atoms with Crippen LogP contribution in [-0.2, 0) is 38.8 Å². The number of hydrogen-bond acceptors (Lipinski definition) is 4. The van der Waals surface area contributed by atoms with E-state index < -0.39 is 5.97 Å². The van der Waals surface area contributed by atoms with Crippen LogP contribution in [0.25, 0.3) is 0 Å². The van der Waals surface area contributed by atoms with Crippen molar-refractivity contribution in [1.82, 2.24) is 15.1 Å². The number of fused-ring (bicyclic) bond motifs is 2. The van der Waals surface area contributed by atoms with E-state index in [-0.39, 0.29) is 5.69 Å². The van der Waals surface area contributed by atoms with E-state index in [0.717, 1.165) is 43.6 Å². The molecule has 2 N–H and O–H groups in total. The van der Waals surface area contributed by atoms with Gasteiger partial charge in [0.25, 0.3) is 0 Å². The Hall–Kier alpha value is -1.66. The van der Waals surface area contributed by atoms with E-state index >= 15 is 0 Å². The molecule has 0 fully saturated rings. The molecular formula is C19H25N3O2S. The molecule has 2 heterocycles. The SMILES string of the molecule is CCn1nc(C(=O)O)c2c1CC[C@@H](NCc1csc3c1CCCC3)C2. The van der Waals surface area contributed by atoms with Gasteiger partial charge >= 0.3 is 5.97 Å². The molecule has 2 aromatic rings. The van der Waals surface area contributed by atoms with Crippen LogP contribution in [0, 0.1) is 0 Å². The van der Waals surface area contributed by atoms with E-state index in [2.05, 4.69) is 15.8 Å². The minimum Gasteiger partial charge on any atom is -0.476 e. The lowest BCUT2D eigenvalue weighted by Crippen LogP contribution is -2.35. The largest absolute Gasteiger partial charge is 0.476 e. The molecule has 1 atom stereocenters. The van der Waals surface area contributed by atoms with E-state index in [0.29, 0.717) is 6.04 Å². The smallest absolute Gasteiger partial charge is 0.356 e. The van der Waals surface area contributed by atoms with Gasteiger partial charge in [0.1, 0.15) is 0 Å². The Morgan fingerprint density at radius 2 is 2.20 bits per heavy atom. The van der Waals surface area contributed by atoms with Crippen molar-refractivity contribution in [3.63, 3.8) is 0 Å². The molecule has 25 heavy (non-hydrogen) atoms. The molecule has 2 aliphatic rings. The van der Waals surface area contributed by atoms with Gasteiger partial charge in [-0.1, -0.05) is 0 Å². The van der Waals surface area contributed by atoms with Crippen LogP contribution in [0.3, 0.4) is 0 Å². The van der Waals surface area contributed by atoms with Gasteiger partial charge in [0.15, 0.2) is 5.69 Å². The number of nitrogens with zero attached hydrogens (tertiary/aromatic N) is 2. The molecule has 0 aromatic carbocycles. The normalized spacial score (nSPS) is 19.5. The van der Waals surface area contributed by atoms with Gasteiger partial charge in [-0.25, -0.2) is 4.79 Å². The molecule has 0 amide bonds. The number of carboxylic acids is 1. The van der Waals surface area contributed by atoms with Gasteiger partial charge in [0.2, 0.25) is 0 Å². The van der Waals surface area contributed by atoms with Crippen molar-refractivity contribution in [1.29, 1.82) is 0 Å². The first kappa shape index (κ1) is 16.8. The first-order chi connectivity index (χ1) is 12.2. The minimum absolute atomic E-state index is 0.247. The van der Waals surface area contributed by atoms with Crippen molar-refractivity contribution in [2.75, 3.05) is 0 Å². The number of aryl methyl sites for hydroxylation is 2. The molecule has 0 bridgehead atoms. The summed E-state index contributed by atoms with van der Waals surface area (Å²) in [6, 6.07) is 0.333. The van der Waals surface area contributed by atoms with Crippen LogP contribution in [-0.4, -0.2) is 26.9 Å². The summed E-state index contributed by atoms with van der Waals surface area (Å²) in [5.41, 5.74) is 5.33. The second-order valence-electron chi connectivity index (χ2n) is 7.09. The summed E-state index contributed by atoms with van der Waals surface area (Å²) in [6.07, 6.45) is 7.81. The Balaban J connectivity index is 1.47. The van der Waals surface area contributed by atoms with Crippen molar-refractivity contribution >= 4 is 17.3 Å². The molecule has 2 aliphatic carbocycles. The Labute approximate surface area is 152 Å². The van der Waals surface area contributed by atoms with E-state index in [1.165, 1.54) is 31.2 Å². The molecule has 0 unspecified atom stereocenters. The maximum absolute atomic E-state index is 11.5. The summed E-state index contributed by atoms with van der Waals surface area (Å²) in [7, 11) is 0. The van der Waals surface area contributed by atoms with Crippen LogP contribution >= 0.6 is 11.3 Å². The van der Waals surface area contributed by atoms with E-state index in [1.807, 2.05) is 22.9 Å². The van der Waals surface area contributed by atoms with Gasteiger partial charge in [0, 0.05) is 35.3 Å². The van der Waals surface area contributed by atoms with Crippen LogP contribution in [0.2, 0.25) is 0 Å². The molecule has 0 radical (unpaired) electrons. The number of hydrogen-bond donors (Lipinski definition) is 2. The molecule has 0 aliphatic heterocycles. The van der Waals surface area contributed by atoms with Gasteiger partial charge in [-0.2, -0.15) is 5.10 Å². The highest BCUT2D eigenvalue weighted by molar-refractivity contribution is 7.10. The number of carboxylic acid groups (broad SMARTS) is 1. The third-order valence-corrected chi connectivity index (χ3v) is 6.72. The van der Waals surface area contributed by atoms with Crippen LogP contribution < -0.4 is 5.32 Å². The first-order valence-corrected chi connectivity index (χ1v) is 10.2. The lowest BCUT2D eigenvalue weighted by Gasteiger charge is -2.24. The highest BCUT2D eigenvalue weighted by Gasteiger charge is 2.28. The quantitative estimate of drug-likeness (QED) is 0.860. The van der Waals surface area contributed by atoms with E-state index in [1.54, 1.807) is 10.4 Å². The number of rotatable bonds is 5. The molecule has 5 nitrogen and oxygen atoms in total. The minimum atomic E-state index is -0.906. The fraction of sp³-hybridized carbons (Fsp3) is 0.579.